The molecule has 5 heteroatoms. The minimum Gasteiger partial charge on any atom is -0.299 e. The molecule has 0 radical (unpaired) electrons. The molecule has 1 aliphatic heterocycles. The van der Waals surface area contributed by atoms with Gasteiger partial charge in [-0.25, -0.2) is 8.42 Å². The Morgan fingerprint density at radius 2 is 1.78 bits per heavy atom. The van der Waals surface area contributed by atoms with Crippen molar-refractivity contribution in [2.24, 2.45) is 0 Å². The van der Waals surface area contributed by atoms with Crippen LogP contribution in [0.25, 0.3) is 0 Å². The van der Waals surface area contributed by atoms with Crippen LogP contribution in [0.1, 0.15) is 40.0 Å². The topological polar surface area (TPSA) is 37.4 Å². The van der Waals surface area contributed by atoms with Gasteiger partial charge in [-0.2, -0.15) is 0 Å². The van der Waals surface area contributed by atoms with Crippen LogP contribution in [0.15, 0.2) is 46.4 Å². The molecule has 3 nitrogen and oxygen atoms in total. The molecule has 0 aliphatic carbocycles. The number of rotatable bonds is 6. The summed E-state index contributed by atoms with van der Waals surface area (Å²) in [5, 5.41) is -0.321. The van der Waals surface area contributed by atoms with E-state index in [1.165, 1.54) is 11.1 Å². The van der Waals surface area contributed by atoms with Crippen LogP contribution >= 0.6 is 12.4 Å². The fraction of sp³-hybridized carbons (Fsp3) is 0.556. The van der Waals surface area contributed by atoms with E-state index in [1.54, 1.807) is 24.3 Å². The highest BCUT2D eigenvalue weighted by Gasteiger charge is 2.23. The first-order valence-electron chi connectivity index (χ1n) is 8.08. The van der Waals surface area contributed by atoms with E-state index >= 15 is 0 Å². The van der Waals surface area contributed by atoms with Crippen molar-refractivity contribution in [1.29, 1.82) is 0 Å². The van der Waals surface area contributed by atoms with Crippen LogP contribution in [0.5, 0.6) is 0 Å². The molecule has 1 unspecified atom stereocenters. The maximum atomic E-state index is 12.5. The van der Waals surface area contributed by atoms with Crippen LogP contribution < -0.4 is 0 Å². The molecule has 2 rings (SSSR count). The largest absolute Gasteiger partial charge is 0.299 e. The lowest BCUT2D eigenvalue weighted by atomic mass is 10.0. The maximum Gasteiger partial charge on any atom is 0.180 e. The van der Waals surface area contributed by atoms with Crippen LogP contribution in [0.2, 0.25) is 0 Å². The number of hydrogen-bond donors (Lipinski definition) is 0. The Labute approximate surface area is 147 Å². The van der Waals surface area contributed by atoms with Crippen molar-refractivity contribution >= 4 is 22.2 Å². The van der Waals surface area contributed by atoms with Gasteiger partial charge in [0.25, 0.3) is 0 Å². The molecule has 0 saturated carbocycles. The molecule has 0 amide bonds. The molecule has 0 spiro atoms. The molecule has 0 bridgehead atoms. The van der Waals surface area contributed by atoms with Crippen LogP contribution in [-0.2, 0) is 9.84 Å². The first-order valence-corrected chi connectivity index (χ1v) is 9.62. The van der Waals surface area contributed by atoms with E-state index in [0.717, 1.165) is 38.9 Å². The van der Waals surface area contributed by atoms with Gasteiger partial charge in [-0.3, -0.25) is 4.90 Å². The second-order valence-corrected chi connectivity index (χ2v) is 8.76. The molecule has 1 heterocycles. The van der Waals surface area contributed by atoms with Crippen molar-refractivity contribution in [3.05, 3.63) is 41.5 Å². The zero-order chi connectivity index (χ0) is 16.2. The van der Waals surface area contributed by atoms with Crippen LogP contribution in [0, 0.1) is 0 Å². The molecule has 0 N–H and O–H groups in total. The second kappa shape index (κ2) is 8.86. The smallest absolute Gasteiger partial charge is 0.180 e. The summed E-state index contributed by atoms with van der Waals surface area (Å²) in [5.41, 5.74) is 2.98. The fourth-order valence-electron chi connectivity index (χ4n) is 2.88. The summed E-state index contributed by atoms with van der Waals surface area (Å²) in [5.74, 6) is 0. The van der Waals surface area contributed by atoms with E-state index < -0.39 is 9.84 Å². The van der Waals surface area contributed by atoms with Gasteiger partial charge < -0.3 is 0 Å². The first kappa shape index (κ1) is 20.2. The quantitative estimate of drug-likeness (QED) is 0.719. The van der Waals surface area contributed by atoms with E-state index in [9.17, 15) is 8.42 Å². The summed E-state index contributed by atoms with van der Waals surface area (Å²) in [6.07, 6.45) is 2.79. The fourth-order valence-corrected chi connectivity index (χ4v) is 4.36. The van der Waals surface area contributed by atoms with Crippen molar-refractivity contribution in [2.75, 3.05) is 19.6 Å². The Balaban J connectivity index is 0.00000264. The molecular formula is C18H28ClNO2S. The van der Waals surface area contributed by atoms with E-state index in [4.69, 9.17) is 0 Å². The highest BCUT2D eigenvalue weighted by atomic mass is 35.5. The van der Waals surface area contributed by atoms with Gasteiger partial charge in [0.05, 0.1) is 10.1 Å². The molecule has 1 aliphatic rings. The van der Waals surface area contributed by atoms with Crippen LogP contribution in [0.4, 0.5) is 0 Å². The number of benzene rings is 1. The predicted octanol–water partition coefficient (Wildman–Crippen LogP) is 4.09. The van der Waals surface area contributed by atoms with Gasteiger partial charge >= 0.3 is 0 Å². The zero-order valence-corrected chi connectivity index (χ0v) is 15.9. The third kappa shape index (κ3) is 5.33. The summed E-state index contributed by atoms with van der Waals surface area (Å²) in [6.45, 7) is 9.35. The molecule has 0 aromatic heterocycles. The number of sulfone groups is 1. The molecule has 1 aromatic carbocycles. The molecule has 0 saturated heterocycles. The number of halogens is 1. The van der Waals surface area contributed by atoms with Gasteiger partial charge in [0.1, 0.15) is 0 Å². The summed E-state index contributed by atoms with van der Waals surface area (Å²) in [4.78, 5) is 2.87. The standard InChI is InChI=1S/C18H27NO2S.ClH/c1-15-11-13-19(14-16(15)2)12-7-8-17(3)22(20,21)18-9-5-4-6-10-18;/h4-6,9-10,17H,7-8,11-14H2,1-3H3;1H. The summed E-state index contributed by atoms with van der Waals surface area (Å²) >= 11 is 0. The Hall–Kier alpha value is -0.840. The van der Waals surface area contributed by atoms with Crippen molar-refractivity contribution in [1.82, 2.24) is 4.90 Å². The molecule has 1 atom stereocenters. The van der Waals surface area contributed by atoms with Gasteiger partial charge in [-0.05, 0) is 58.7 Å². The van der Waals surface area contributed by atoms with Gasteiger partial charge in [0.15, 0.2) is 9.84 Å². The average Bonchev–Trinajstić information content (AvgIpc) is 2.51. The highest BCUT2D eigenvalue weighted by molar-refractivity contribution is 7.92. The van der Waals surface area contributed by atoms with Crippen LogP contribution in [0.3, 0.4) is 0 Å². The van der Waals surface area contributed by atoms with Crippen molar-refractivity contribution in [3.8, 4) is 0 Å². The lowest BCUT2D eigenvalue weighted by Crippen LogP contribution is -2.32. The van der Waals surface area contributed by atoms with Gasteiger partial charge in [-0.1, -0.05) is 29.3 Å². The molecular weight excluding hydrogens is 330 g/mol. The average molecular weight is 358 g/mol. The van der Waals surface area contributed by atoms with E-state index in [1.807, 2.05) is 13.0 Å². The zero-order valence-electron chi connectivity index (χ0n) is 14.3. The minimum absolute atomic E-state index is 0. The maximum absolute atomic E-state index is 12.5. The van der Waals surface area contributed by atoms with Gasteiger partial charge in [0.2, 0.25) is 0 Å². The van der Waals surface area contributed by atoms with Crippen molar-refractivity contribution < 1.29 is 8.42 Å². The Morgan fingerprint density at radius 3 is 2.39 bits per heavy atom. The van der Waals surface area contributed by atoms with Crippen molar-refractivity contribution in [3.63, 3.8) is 0 Å². The molecule has 1 aromatic rings. The third-order valence-corrected chi connectivity index (χ3v) is 6.90. The van der Waals surface area contributed by atoms with E-state index in [-0.39, 0.29) is 17.7 Å². The lowest BCUT2D eigenvalue weighted by molar-refractivity contribution is 0.279. The summed E-state index contributed by atoms with van der Waals surface area (Å²) < 4.78 is 25.0. The van der Waals surface area contributed by atoms with Crippen molar-refractivity contribution in [2.45, 2.75) is 50.2 Å². The third-order valence-electron chi connectivity index (χ3n) is 4.68. The predicted molar refractivity (Wildman–Crippen MR) is 99.0 cm³/mol. The molecule has 0 fully saturated rings. The summed E-state index contributed by atoms with van der Waals surface area (Å²) in [6, 6.07) is 8.79. The highest BCUT2D eigenvalue weighted by Crippen LogP contribution is 2.20. The second-order valence-electron chi connectivity index (χ2n) is 6.40. The monoisotopic (exact) mass is 357 g/mol. The molecule has 130 valence electrons. The number of nitrogens with zero attached hydrogens (tertiary/aromatic N) is 1. The Morgan fingerprint density at radius 1 is 1.13 bits per heavy atom. The first-order chi connectivity index (χ1) is 10.4. The van der Waals surface area contributed by atoms with E-state index in [2.05, 4.69) is 18.7 Å². The van der Waals surface area contributed by atoms with Gasteiger partial charge in [0, 0.05) is 13.1 Å². The SMILES string of the molecule is CC1=C(C)CN(CCCC(C)S(=O)(=O)c2ccccc2)CC1.Cl. The van der Waals surface area contributed by atoms with E-state index in [0.29, 0.717) is 4.90 Å². The lowest BCUT2D eigenvalue weighted by Gasteiger charge is -2.28. The van der Waals surface area contributed by atoms with Crippen LogP contribution in [-0.4, -0.2) is 38.2 Å². The summed E-state index contributed by atoms with van der Waals surface area (Å²) in [7, 11) is -3.19. The minimum atomic E-state index is -3.19. The molecule has 23 heavy (non-hydrogen) atoms. The number of hydrogen-bond acceptors (Lipinski definition) is 3. The normalized spacial score (nSPS) is 17.7. The Kier molecular flexibility index (Phi) is 7.78. The Bertz CT molecular complexity index is 626. The van der Waals surface area contributed by atoms with Gasteiger partial charge in [-0.15, -0.1) is 12.4 Å².